The van der Waals surface area contributed by atoms with Crippen LogP contribution in [0.3, 0.4) is 0 Å². The molecule has 0 unspecified atom stereocenters. The van der Waals surface area contributed by atoms with Crippen molar-refractivity contribution in [3.63, 3.8) is 0 Å². The molecule has 0 saturated carbocycles. The van der Waals surface area contributed by atoms with Crippen LogP contribution in [0.25, 0.3) is 6.08 Å². The zero-order valence-corrected chi connectivity index (χ0v) is 14.6. The van der Waals surface area contributed by atoms with E-state index in [2.05, 4.69) is 4.74 Å². The lowest BCUT2D eigenvalue weighted by Crippen LogP contribution is -2.15. The van der Waals surface area contributed by atoms with E-state index in [1.165, 1.54) is 42.5 Å². The van der Waals surface area contributed by atoms with Gasteiger partial charge in [0.2, 0.25) is 5.78 Å². The summed E-state index contributed by atoms with van der Waals surface area (Å²) in [6.07, 6.45) is 2.12. The van der Waals surface area contributed by atoms with E-state index >= 15 is 0 Å². The molecule has 0 aromatic heterocycles. The predicted molar refractivity (Wildman–Crippen MR) is 95.2 cm³/mol. The Balaban J connectivity index is 2.05. The van der Waals surface area contributed by atoms with E-state index in [4.69, 9.17) is 4.74 Å². The number of nitrogens with zero attached hydrogens (tertiary/aromatic N) is 1. The lowest BCUT2D eigenvalue weighted by atomic mass is 10.1. The van der Waals surface area contributed by atoms with Crippen LogP contribution in [0.15, 0.2) is 48.5 Å². The zero-order valence-electron chi connectivity index (χ0n) is 14.6. The summed E-state index contributed by atoms with van der Waals surface area (Å²) < 4.78 is 34.0. The van der Waals surface area contributed by atoms with Crippen molar-refractivity contribution in [2.75, 3.05) is 6.61 Å². The summed E-state index contributed by atoms with van der Waals surface area (Å²) in [6, 6.07) is 9.82. The molecule has 0 N–H and O–H groups in total. The van der Waals surface area contributed by atoms with Crippen LogP contribution in [-0.2, 0) is 9.53 Å². The maximum absolute atomic E-state index is 12.5. The molecule has 0 fully saturated rings. The minimum atomic E-state index is -3.11. The first-order chi connectivity index (χ1) is 13.3. The first kappa shape index (κ1) is 20.7. The molecule has 0 spiro atoms. The Morgan fingerprint density at radius 1 is 1.21 bits per heavy atom. The Hall–Kier alpha value is -3.62. The molecule has 2 aromatic carbocycles. The van der Waals surface area contributed by atoms with Gasteiger partial charge < -0.3 is 9.47 Å². The number of halogens is 2. The van der Waals surface area contributed by atoms with Gasteiger partial charge in [0, 0.05) is 12.1 Å². The molecule has 0 amide bonds. The van der Waals surface area contributed by atoms with E-state index in [9.17, 15) is 28.5 Å². The topological polar surface area (TPSA) is 95.7 Å². The molecule has 9 heteroatoms. The highest BCUT2D eigenvalue weighted by Crippen LogP contribution is 2.23. The van der Waals surface area contributed by atoms with E-state index in [0.29, 0.717) is 5.56 Å². The van der Waals surface area contributed by atoms with Crippen molar-refractivity contribution in [2.24, 2.45) is 0 Å². The highest BCUT2D eigenvalue weighted by molar-refractivity contribution is 6.01. The summed E-state index contributed by atoms with van der Waals surface area (Å²) >= 11 is 0. The molecule has 0 aliphatic heterocycles. The van der Waals surface area contributed by atoms with Gasteiger partial charge in [0.15, 0.2) is 6.61 Å². The van der Waals surface area contributed by atoms with Gasteiger partial charge in [0.05, 0.1) is 16.1 Å². The molecule has 0 aliphatic rings. The second-order valence-electron chi connectivity index (χ2n) is 5.56. The number of para-hydroxylation sites is 1. The number of aryl methyl sites for hydroxylation is 1. The van der Waals surface area contributed by atoms with E-state index < -0.39 is 29.9 Å². The fourth-order valence-electron chi connectivity index (χ4n) is 2.28. The SMILES string of the molecule is Cc1ccc(OC(F)F)c(C(=O)COC(=O)/C=C/c2ccccc2[N+](=O)[O-])c1. The lowest BCUT2D eigenvalue weighted by molar-refractivity contribution is -0.385. The second kappa shape index (κ2) is 9.36. The van der Waals surface area contributed by atoms with Crippen LogP contribution in [0.1, 0.15) is 21.5 Å². The van der Waals surface area contributed by atoms with Crippen LogP contribution in [0.4, 0.5) is 14.5 Å². The molecule has 146 valence electrons. The quantitative estimate of drug-likeness (QED) is 0.222. The summed E-state index contributed by atoms with van der Waals surface area (Å²) in [7, 11) is 0. The monoisotopic (exact) mass is 391 g/mol. The highest BCUT2D eigenvalue weighted by atomic mass is 19.3. The van der Waals surface area contributed by atoms with Crippen LogP contribution in [0.2, 0.25) is 0 Å². The number of hydrogen-bond acceptors (Lipinski definition) is 6. The van der Waals surface area contributed by atoms with Crippen molar-refractivity contribution in [3.05, 3.63) is 75.3 Å². The molecule has 7 nitrogen and oxygen atoms in total. The Bertz CT molecular complexity index is 926. The number of carbonyl (C=O) groups is 2. The number of nitro groups is 1. The molecule has 0 radical (unpaired) electrons. The van der Waals surface area contributed by atoms with Crippen LogP contribution >= 0.6 is 0 Å². The first-order valence-electron chi connectivity index (χ1n) is 7.95. The molecular weight excluding hydrogens is 376 g/mol. The number of nitro benzene ring substituents is 1. The minimum absolute atomic E-state index is 0.143. The maximum atomic E-state index is 12.5. The number of ether oxygens (including phenoxy) is 2. The number of rotatable bonds is 8. The van der Waals surface area contributed by atoms with Gasteiger partial charge in [-0.3, -0.25) is 14.9 Å². The van der Waals surface area contributed by atoms with Gasteiger partial charge in [-0.1, -0.05) is 23.8 Å². The van der Waals surface area contributed by atoms with Crippen LogP contribution < -0.4 is 4.74 Å². The van der Waals surface area contributed by atoms with Crippen LogP contribution in [0, 0.1) is 17.0 Å². The minimum Gasteiger partial charge on any atom is -0.454 e. The molecule has 0 heterocycles. The third-order valence-corrected chi connectivity index (χ3v) is 3.53. The van der Waals surface area contributed by atoms with Crippen LogP contribution in [0.5, 0.6) is 5.75 Å². The number of ketones is 1. The van der Waals surface area contributed by atoms with Crippen molar-refractivity contribution in [1.82, 2.24) is 0 Å². The number of esters is 1. The van der Waals surface area contributed by atoms with Gasteiger partial charge in [0.25, 0.3) is 5.69 Å². The van der Waals surface area contributed by atoms with E-state index in [1.807, 2.05) is 0 Å². The van der Waals surface area contributed by atoms with Crippen molar-refractivity contribution in [2.45, 2.75) is 13.5 Å². The number of benzene rings is 2. The molecule has 0 bridgehead atoms. The molecule has 2 rings (SSSR count). The standard InChI is InChI=1S/C19H15F2NO6/c1-12-6-8-17(28-19(20)21)14(10-12)16(23)11-27-18(24)9-7-13-4-2-3-5-15(13)22(25)26/h2-10,19H,11H2,1H3/b9-7+. The second-order valence-corrected chi connectivity index (χ2v) is 5.56. The van der Waals surface area contributed by atoms with Crippen molar-refractivity contribution in [1.29, 1.82) is 0 Å². The summed E-state index contributed by atoms with van der Waals surface area (Å²) in [4.78, 5) is 34.3. The first-order valence-corrected chi connectivity index (χ1v) is 7.95. The lowest BCUT2D eigenvalue weighted by Gasteiger charge is -2.10. The van der Waals surface area contributed by atoms with E-state index in [-0.39, 0.29) is 22.6 Å². The smallest absolute Gasteiger partial charge is 0.387 e. The number of Topliss-reactive ketones (excluding diaryl/α,β-unsaturated/α-hetero) is 1. The average Bonchev–Trinajstić information content (AvgIpc) is 2.65. The van der Waals surface area contributed by atoms with Gasteiger partial charge in [-0.15, -0.1) is 0 Å². The third-order valence-electron chi connectivity index (χ3n) is 3.53. The highest BCUT2D eigenvalue weighted by Gasteiger charge is 2.17. The van der Waals surface area contributed by atoms with E-state index in [0.717, 1.165) is 6.08 Å². The van der Waals surface area contributed by atoms with Crippen molar-refractivity contribution < 1.29 is 32.8 Å². The van der Waals surface area contributed by atoms with Crippen molar-refractivity contribution >= 4 is 23.5 Å². The Kier molecular flexibility index (Phi) is 6.91. The van der Waals surface area contributed by atoms with Gasteiger partial charge in [-0.2, -0.15) is 8.78 Å². The maximum Gasteiger partial charge on any atom is 0.387 e. The summed E-state index contributed by atoms with van der Waals surface area (Å²) in [5, 5.41) is 10.9. The van der Waals surface area contributed by atoms with E-state index in [1.54, 1.807) is 13.0 Å². The molecule has 0 saturated heterocycles. The predicted octanol–water partition coefficient (Wildman–Crippen LogP) is 3.94. The normalized spacial score (nSPS) is 10.9. The molecule has 0 aliphatic carbocycles. The summed E-state index contributed by atoms with van der Waals surface area (Å²) in [5.74, 6) is -1.97. The van der Waals surface area contributed by atoms with Gasteiger partial charge in [-0.05, 0) is 31.2 Å². The largest absolute Gasteiger partial charge is 0.454 e. The summed E-state index contributed by atoms with van der Waals surface area (Å²) in [5.41, 5.74) is 0.474. The Morgan fingerprint density at radius 3 is 2.61 bits per heavy atom. The van der Waals surface area contributed by atoms with Gasteiger partial charge >= 0.3 is 12.6 Å². The fourth-order valence-corrected chi connectivity index (χ4v) is 2.28. The molecular formula is C19H15F2NO6. The fraction of sp³-hybridized carbons (Fsp3) is 0.158. The summed E-state index contributed by atoms with van der Waals surface area (Å²) in [6.45, 7) is -2.16. The number of hydrogen-bond donors (Lipinski definition) is 0. The molecule has 28 heavy (non-hydrogen) atoms. The number of alkyl halides is 2. The molecule has 0 atom stereocenters. The zero-order chi connectivity index (χ0) is 20.7. The Morgan fingerprint density at radius 2 is 1.93 bits per heavy atom. The van der Waals surface area contributed by atoms with Gasteiger partial charge in [-0.25, -0.2) is 4.79 Å². The third kappa shape index (κ3) is 5.70. The molecule has 2 aromatic rings. The number of carbonyl (C=O) groups excluding carboxylic acids is 2. The van der Waals surface area contributed by atoms with Crippen LogP contribution in [-0.4, -0.2) is 29.9 Å². The Labute approximate surface area is 158 Å². The van der Waals surface area contributed by atoms with Gasteiger partial charge in [0.1, 0.15) is 5.75 Å². The van der Waals surface area contributed by atoms with Crippen molar-refractivity contribution in [3.8, 4) is 5.75 Å². The average molecular weight is 391 g/mol.